The van der Waals surface area contributed by atoms with Crippen LogP contribution in [0.4, 0.5) is 10.1 Å². The number of halogens is 1. The summed E-state index contributed by atoms with van der Waals surface area (Å²) in [6.07, 6.45) is 0.931. The lowest BCUT2D eigenvalue weighted by Crippen LogP contribution is -2.47. The summed E-state index contributed by atoms with van der Waals surface area (Å²) in [6.45, 7) is 7.94. The van der Waals surface area contributed by atoms with Crippen molar-refractivity contribution in [2.75, 3.05) is 49.9 Å². The van der Waals surface area contributed by atoms with Gasteiger partial charge in [0.05, 0.1) is 5.75 Å². The number of nitrogens with zero attached hydrogens (tertiary/aromatic N) is 2. The van der Waals surface area contributed by atoms with Crippen LogP contribution in [0.2, 0.25) is 0 Å². The Kier molecular flexibility index (Phi) is 7.74. The van der Waals surface area contributed by atoms with Crippen LogP contribution in [-0.4, -0.2) is 55.8 Å². The molecule has 1 amide bonds. The minimum Gasteiger partial charge on any atom is -0.369 e. The highest BCUT2D eigenvalue weighted by molar-refractivity contribution is 8.00. The quantitative estimate of drug-likeness (QED) is 0.542. The number of piperazine rings is 1. The molecular formula is C22H28FN3OS. The van der Waals surface area contributed by atoms with Crippen LogP contribution >= 0.6 is 11.8 Å². The van der Waals surface area contributed by atoms with Gasteiger partial charge in [-0.3, -0.25) is 9.69 Å². The average Bonchev–Trinajstić information content (AvgIpc) is 2.71. The molecule has 150 valence electrons. The molecule has 1 aliphatic heterocycles. The third-order valence-corrected chi connectivity index (χ3v) is 5.96. The Balaban J connectivity index is 1.29. The van der Waals surface area contributed by atoms with E-state index in [1.165, 1.54) is 29.1 Å². The first-order valence-electron chi connectivity index (χ1n) is 9.80. The number of nitrogens with one attached hydrogen (secondary N) is 1. The van der Waals surface area contributed by atoms with E-state index in [4.69, 9.17) is 0 Å². The first-order valence-corrected chi connectivity index (χ1v) is 10.8. The van der Waals surface area contributed by atoms with Crippen LogP contribution in [-0.2, 0) is 4.79 Å². The van der Waals surface area contributed by atoms with E-state index in [-0.39, 0.29) is 17.5 Å². The highest BCUT2D eigenvalue weighted by atomic mass is 32.2. The lowest BCUT2D eigenvalue weighted by Gasteiger charge is -2.36. The molecule has 1 saturated heterocycles. The Morgan fingerprint density at radius 2 is 1.89 bits per heavy atom. The zero-order valence-corrected chi connectivity index (χ0v) is 17.2. The molecule has 0 atom stereocenters. The molecule has 0 unspecified atom stereocenters. The number of anilines is 1. The van der Waals surface area contributed by atoms with E-state index in [1.54, 1.807) is 18.2 Å². The standard InChI is InChI=1S/C22H28FN3OS/c1-18-6-4-7-19(16-18)26-14-12-25(13-15-26)11-5-10-24-22(27)17-28-21-9-3-2-8-20(21)23/h2-4,6-9,16H,5,10-15,17H2,1H3,(H,24,27). The third kappa shape index (κ3) is 6.24. The summed E-state index contributed by atoms with van der Waals surface area (Å²) in [5, 5.41) is 2.93. The summed E-state index contributed by atoms with van der Waals surface area (Å²) in [5.41, 5.74) is 2.60. The molecule has 1 fully saturated rings. The zero-order chi connectivity index (χ0) is 19.8. The lowest BCUT2D eigenvalue weighted by atomic mass is 10.2. The summed E-state index contributed by atoms with van der Waals surface area (Å²) < 4.78 is 13.5. The van der Waals surface area contributed by atoms with Crippen molar-refractivity contribution in [2.24, 2.45) is 0 Å². The number of aryl methyl sites for hydroxylation is 1. The second-order valence-electron chi connectivity index (χ2n) is 7.09. The van der Waals surface area contributed by atoms with Crippen molar-refractivity contribution in [3.63, 3.8) is 0 Å². The monoisotopic (exact) mass is 401 g/mol. The van der Waals surface area contributed by atoms with Crippen LogP contribution in [0.25, 0.3) is 0 Å². The topological polar surface area (TPSA) is 35.6 Å². The normalized spacial score (nSPS) is 14.9. The zero-order valence-electron chi connectivity index (χ0n) is 16.4. The van der Waals surface area contributed by atoms with E-state index in [0.717, 1.165) is 39.1 Å². The maximum absolute atomic E-state index is 13.5. The van der Waals surface area contributed by atoms with Crippen LogP contribution in [0, 0.1) is 12.7 Å². The average molecular weight is 402 g/mol. The van der Waals surface area contributed by atoms with Gasteiger partial charge in [-0.25, -0.2) is 4.39 Å². The summed E-state index contributed by atoms with van der Waals surface area (Å²) >= 11 is 1.24. The molecule has 1 N–H and O–H groups in total. The van der Waals surface area contributed by atoms with Gasteiger partial charge in [0.25, 0.3) is 0 Å². The first kappa shape index (κ1) is 20.7. The van der Waals surface area contributed by atoms with Gasteiger partial charge in [-0.15, -0.1) is 11.8 Å². The second-order valence-corrected chi connectivity index (χ2v) is 8.11. The van der Waals surface area contributed by atoms with Crippen molar-refractivity contribution >= 4 is 23.4 Å². The van der Waals surface area contributed by atoms with Crippen molar-refractivity contribution in [1.29, 1.82) is 0 Å². The molecule has 0 spiro atoms. The number of hydrogen-bond acceptors (Lipinski definition) is 4. The molecule has 3 rings (SSSR count). The maximum atomic E-state index is 13.5. The molecule has 1 aliphatic rings. The summed E-state index contributed by atoms with van der Waals surface area (Å²) in [5.74, 6) is -0.0709. The first-order chi connectivity index (χ1) is 13.6. The van der Waals surface area contributed by atoms with E-state index >= 15 is 0 Å². The van der Waals surface area contributed by atoms with Crippen LogP contribution in [0.1, 0.15) is 12.0 Å². The Bertz CT molecular complexity index is 778. The molecule has 0 bridgehead atoms. The van der Waals surface area contributed by atoms with E-state index in [2.05, 4.69) is 46.3 Å². The Morgan fingerprint density at radius 3 is 2.64 bits per heavy atom. The Hall–Kier alpha value is -2.05. The molecule has 28 heavy (non-hydrogen) atoms. The van der Waals surface area contributed by atoms with Crippen molar-refractivity contribution in [3.05, 3.63) is 59.9 Å². The molecule has 0 radical (unpaired) electrons. The third-order valence-electron chi connectivity index (χ3n) is 4.91. The van der Waals surface area contributed by atoms with Crippen LogP contribution in [0.5, 0.6) is 0 Å². The van der Waals surface area contributed by atoms with Crippen molar-refractivity contribution in [2.45, 2.75) is 18.2 Å². The van der Waals surface area contributed by atoms with Crippen LogP contribution in [0.15, 0.2) is 53.4 Å². The number of hydrogen-bond donors (Lipinski definition) is 1. The number of rotatable bonds is 8. The molecule has 6 heteroatoms. The van der Waals surface area contributed by atoms with Gasteiger partial charge in [0.15, 0.2) is 0 Å². The Morgan fingerprint density at radius 1 is 1.11 bits per heavy atom. The second kappa shape index (κ2) is 10.5. The largest absolute Gasteiger partial charge is 0.369 e. The van der Waals surface area contributed by atoms with Gasteiger partial charge < -0.3 is 10.2 Å². The van der Waals surface area contributed by atoms with E-state index in [9.17, 15) is 9.18 Å². The van der Waals surface area contributed by atoms with Crippen molar-refractivity contribution < 1.29 is 9.18 Å². The molecular weight excluding hydrogens is 373 g/mol. The summed E-state index contributed by atoms with van der Waals surface area (Å²) in [7, 11) is 0. The van der Waals surface area contributed by atoms with E-state index in [1.807, 2.05) is 0 Å². The van der Waals surface area contributed by atoms with Gasteiger partial charge in [-0.1, -0.05) is 24.3 Å². The number of thioether (sulfide) groups is 1. The SMILES string of the molecule is Cc1cccc(N2CCN(CCCNC(=O)CSc3ccccc3F)CC2)c1. The van der Waals surface area contributed by atoms with Crippen molar-refractivity contribution in [1.82, 2.24) is 10.2 Å². The van der Waals surface area contributed by atoms with Gasteiger partial charge in [0, 0.05) is 43.3 Å². The molecule has 2 aromatic rings. The minimum absolute atomic E-state index is 0.0440. The van der Waals surface area contributed by atoms with Gasteiger partial charge >= 0.3 is 0 Å². The number of amides is 1. The van der Waals surface area contributed by atoms with Gasteiger partial charge in [0.2, 0.25) is 5.91 Å². The lowest BCUT2D eigenvalue weighted by molar-refractivity contribution is -0.118. The molecule has 0 aliphatic carbocycles. The van der Waals surface area contributed by atoms with Gasteiger partial charge in [0.1, 0.15) is 5.82 Å². The molecule has 4 nitrogen and oxygen atoms in total. The van der Waals surface area contributed by atoms with Crippen molar-refractivity contribution in [3.8, 4) is 0 Å². The molecule has 1 heterocycles. The summed E-state index contributed by atoms with van der Waals surface area (Å²) in [4.78, 5) is 17.3. The number of benzene rings is 2. The fourth-order valence-corrected chi connectivity index (χ4v) is 4.11. The fraction of sp³-hybridized carbons (Fsp3) is 0.409. The smallest absolute Gasteiger partial charge is 0.230 e. The van der Waals surface area contributed by atoms with Crippen LogP contribution in [0.3, 0.4) is 0 Å². The highest BCUT2D eigenvalue weighted by Crippen LogP contribution is 2.20. The fourth-order valence-electron chi connectivity index (χ4n) is 3.34. The predicted molar refractivity (Wildman–Crippen MR) is 115 cm³/mol. The summed E-state index contributed by atoms with van der Waals surface area (Å²) in [6, 6.07) is 15.2. The van der Waals surface area contributed by atoms with E-state index < -0.39 is 0 Å². The highest BCUT2D eigenvalue weighted by Gasteiger charge is 2.16. The molecule has 0 aromatic heterocycles. The predicted octanol–water partition coefficient (Wildman–Crippen LogP) is 3.55. The number of carbonyl (C=O) groups excluding carboxylic acids is 1. The van der Waals surface area contributed by atoms with Gasteiger partial charge in [-0.2, -0.15) is 0 Å². The molecule has 2 aromatic carbocycles. The molecule has 0 saturated carbocycles. The van der Waals surface area contributed by atoms with Gasteiger partial charge in [-0.05, 0) is 49.7 Å². The minimum atomic E-state index is -0.273. The van der Waals surface area contributed by atoms with E-state index in [0.29, 0.717) is 11.4 Å². The number of carbonyl (C=O) groups is 1. The van der Waals surface area contributed by atoms with Crippen LogP contribution < -0.4 is 10.2 Å². The Labute approximate surface area is 171 Å². The maximum Gasteiger partial charge on any atom is 0.230 e.